The number of hydrogen-bond acceptors (Lipinski definition) is 5. The Hall–Kier alpha value is -1.10. The van der Waals surface area contributed by atoms with Gasteiger partial charge in [-0.1, -0.05) is 162 Å². The molecule has 1 atom stereocenters. The third-order valence-electron chi connectivity index (χ3n) is 7.69. The predicted molar refractivity (Wildman–Crippen MR) is 169 cm³/mol. The minimum Gasteiger partial charge on any atom is -0.462 e. The molecule has 0 aromatic rings. The Morgan fingerprint density at radius 1 is 0.500 bits per heavy atom. The molecule has 40 heavy (non-hydrogen) atoms. The molecule has 0 radical (unpaired) electrons. The van der Waals surface area contributed by atoms with Crippen LogP contribution in [0.2, 0.25) is 0 Å². The van der Waals surface area contributed by atoms with Crippen molar-refractivity contribution in [3.63, 3.8) is 0 Å². The lowest BCUT2D eigenvalue weighted by Crippen LogP contribution is -2.29. The van der Waals surface area contributed by atoms with Crippen LogP contribution in [0.4, 0.5) is 0 Å². The second kappa shape index (κ2) is 32.4. The summed E-state index contributed by atoms with van der Waals surface area (Å²) in [7, 11) is 0. The second-order valence-corrected chi connectivity index (χ2v) is 11.9. The van der Waals surface area contributed by atoms with Crippen LogP contribution in [0, 0.1) is 0 Å². The Labute approximate surface area is 249 Å². The molecule has 0 bridgehead atoms. The summed E-state index contributed by atoms with van der Waals surface area (Å²) in [6.07, 6.45) is 32.4. The Bertz CT molecular complexity index is 536. The molecular weight excluding hydrogens is 500 g/mol. The van der Waals surface area contributed by atoms with Crippen LogP contribution < -0.4 is 0 Å². The van der Waals surface area contributed by atoms with Gasteiger partial charge in [-0.2, -0.15) is 0 Å². The molecular formula is C35H68O5. The zero-order valence-electron chi connectivity index (χ0n) is 27.1. The maximum Gasteiger partial charge on any atom is 0.305 e. The SMILES string of the molecule is CCCCCCCCCCCCCCCCOC[C@H](COC(=O)CCCCCCCCCCCCC)OC(C)=O. The van der Waals surface area contributed by atoms with Gasteiger partial charge in [-0.05, 0) is 12.8 Å². The van der Waals surface area contributed by atoms with E-state index in [9.17, 15) is 9.59 Å². The number of carbonyl (C=O) groups is 2. The van der Waals surface area contributed by atoms with Gasteiger partial charge in [0.2, 0.25) is 0 Å². The molecule has 0 N–H and O–H groups in total. The number of esters is 2. The van der Waals surface area contributed by atoms with Crippen LogP contribution in [0.25, 0.3) is 0 Å². The lowest BCUT2D eigenvalue weighted by Gasteiger charge is -2.17. The van der Waals surface area contributed by atoms with E-state index >= 15 is 0 Å². The van der Waals surface area contributed by atoms with Crippen molar-refractivity contribution in [1.82, 2.24) is 0 Å². The van der Waals surface area contributed by atoms with Crippen molar-refractivity contribution in [2.75, 3.05) is 19.8 Å². The first-order chi connectivity index (χ1) is 19.6. The van der Waals surface area contributed by atoms with Crippen LogP contribution in [0.3, 0.4) is 0 Å². The molecule has 0 aliphatic carbocycles. The maximum atomic E-state index is 12.1. The van der Waals surface area contributed by atoms with Gasteiger partial charge in [0.25, 0.3) is 0 Å². The minimum absolute atomic E-state index is 0.0786. The Morgan fingerprint density at radius 2 is 0.875 bits per heavy atom. The molecule has 0 heterocycles. The quantitative estimate of drug-likeness (QED) is 0.0596. The Morgan fingerprint density at radius 3 is 1.27 bits per heavy atom. The van der Waals surface area contributed by atoms with Gasteiger partial charge >= 0.3 is 11.9 Å². The van der Waals surface area contributed by atoms with Gasteiger partial charge in [0.1, 0.15) is 6.61 Å². The van der Waals surface area contributed by atoms with E-state index in [1.54, 1.807) is 0 Å². The molecule has 0 saturated carbocycles. The topological polar surface area (TPSA) is 61.8 Å². The van der Waals surface area contributed by atoms with Gasteiger partial charge in [-0.25, -0.2) is 0 Å². The number of unbranched alkanes of at least 4 members (excludes halogenated alkanes) is 23. The van der Waals surface area contributed by atoms with Gasteiger partial charge in [-0.3, -0.25) is 9.59 Å². The van der Waals surface area contributed by atoms with E-state index in [1.165, 1.54) is 148 Å². The molecule has 0 amide bonds. The van der Waals surface area contributed by atoms with Gasteiger partial charge in [0, 0.05) is 20.0 Å². The zero-order valence-corrected chi connectivity index (χ0v) is 27.1. The molecule has 0 saturated heterocycles. The summed E-state index contributed by atoms with van der Waals surface area (Å²) in [4.78, 5) is 23.6. The smallest absolute Gasteiger partial charge is 0.305 e. The first-order valence-electron chi connectivity index (χ1n) is 17.5. The monoisotopic (exact) mass is 569 g/mol. The highest BCUT2D eigenvalue weighted by molar-refractivity contribution is 5.69. The molecule has 0 fully saturated rings. The number of ether oxygens (including phenoxy) is 3. The summed E-state index contributed by atoms with van der Waals surface area (Å²) in [5.74, 6) is -0.577. The van der Waals surface area contributed by atoms with E-state index in [1.807, 2.05) is 0 Å². The second-order valence-electron chi connectivity index (χ2n) is 11.9. The van der Waals surface area contributed by atoms with Crippen LogP contribution in [0.15, 0.2) is 0 Å². The molecule has 0 aliphatic rings. The summed E-state index contributed by atoms with van der Waals surface area (Å²) < 4.78 is 16.4. The molecule has 0 aromatic heterocycles. The van der Waals surface area contributed by atoms with Crippen molar-refractivity contribution in [3.8, 4) is 0 Å². The first kappa shape index (κ1) is 38.9. The number of carbonyl (C=O) groups excluding carboxylic acids is 2. The van der Waals surface area contributed by atoms with Gasteiger partial charge < -0.3 is 14.2 Å². The van der Waals surface area contributed by atoms with E-state index < -0.39 is 6.10 Å². The molecule has 0 aliphatic heterocycles. The molecule has 5 heteroatoms. The average molecular weight is 569 g/mol. The molecule has 5 nitrogen and oxygen atoms in total. The molecule has 238 valence electrons. The fourth-order valence-electron chi connectivity index (χ4n) is 5.16. The van der Waals surface area contributed by atoms with Crippen LogP contribution >= 0.6 is 0 Å². The van der Waals surface area contributed by atoms with Crippen LogP contribution in [0.1, 0.15) is 188 Å². The van der Waals surface area contributed by atoms with Crippen molar-refractivity contribution in [2.45, 2.75) is 194 Å². The summed E-state index contributed by atoms with van der Waals surface area (Å²) in [6.45, 7) is 6.93. The van der Waals surface area contributed by atoms with Gasteiger partial charge in [0.15, 0.2) is 6.10 Å². The average Bonchev–Trinajstić information content (AvgIpc) is 2.94. The van der Waals surface area contributed by atoms with E-state index in [2.05, 4.69) is 13.8 Å². The summed E-state index contributed by atoms with van der Waals surface area (Å²) >= 11 is 0. The predicted octanol–water partition coefficient (Wildman–Crippen LogP) is 10.7. The van der Waals surface area contributed by atoms with E-state index in [0.717, 1.165) is 19.3 Å². The summed E-state index contributed by atoms with van der Waals surface area (Å²) in [5, 5.41) is 0. The minimum atomic E-state index is -0.523. The first-order valence-corrected chi connectivity index (χ1v) is 17.5. The van der Waals surface area contributed by atoms with E-state index in [0.29, 0.717) is 13.0 Å². The van der Waals surface area contributed by atoms with Crippen LogP contribution in [-0.2, 0) is 23.8 Å². The number of hydrogen-bond donors (Lipinski definition) is 0. The van der Waals surface area contributed by atoms with Crippen molar-refractivity contribution in [2.24, 2.45) is 0 Å². The Balaban J connectivity index is 3.61. The summed E-state index contributed by atoms with van der Waals surface area (Å²) in [5.41, 5.74) is 0. The van der Waals surface area contributed by atoms with E-state index in [-0.39, 0.29) is 25.2 Å². The fourth-order valence-corrected chi connectivity index (χ4v) is 5.16. The van der Waals surface area contributed by atoms with Crippen molar-refractivity contribution < 1.29 is 23.8 Å². The normalized spacial score (nSPS) is 12.0. The zero-order chi connectivity index (χ0) is 29.4. The van der Waals surface area contributed by atoms with Crippen LogP contribution in [0.5, 0.6) is 0 Å². The third kappa shape index (κ3) is 31.4. The van der Waals surface area contributed by atoms with Crippen molar-refractivity contribution >= 4 is 11.9 Å². The summed E-state index contributed by atoms with van der Waals surface area (Å²) in [6, 6.07) is 0. The van der Waals surface area contributed by atoms with Gasteiger partial charge in [0.05, 0.1) is 6.61 Å². The lowest BCUT2D eigenvalue weighted by molar-refractivity contribution is -0.161. The molecule has 0 spiro atoms. The van der Waals surface area contributed by atoms with Gasteiger partial charge in [-0.15, -0.1) is 0 Å². The highest BCUT2D eigenvalue weighted by Gasteiger charge is 2.15. The molecule has 0 aromatic carbocycles. The van der Waals surface area contributed by atoms with Crippen molar-refractivity contribution in [1.29, 1.82) is 0 Å². The van der Waals surface area contributed by atoms with E-state index in [4.69, 9.17) is 14.2 Å². The highest BCUT2D eigenvalue weighted by atomic mass is 16.6. The number of rotatable bonds is 32. The lowest BCUT2D eigenvalue weighted by atomic mass is 10.0. The van der Waals surface area contributed by atoms with Crippen LogP contribution in [-0.4, -0.2) is 37.9 Å². The molecule has 0 rings (SSSR count). The Kier molecular flexibility index (Phi) is 31.5. The fraction of sp³-hybridized carbons (Fsp3) is 0.943. The maximum absolute atomic E-state index is 12.1. The standard InChI is InChI=1S/C35H68O5/c1-4-6-8-10-12-14-16-17-18-20-22-24-26-28-30-38-31-34(40-33(3)36)32-39-35(37)29-27-25-23-21-19-15-13-11-9-7-5-2/h34H,4-32H2,1-3H3/t34-/m1/s1. The highest BCUT2D eigenvalue weighted by Crippen LogP contribution is 2.14. The molecule has 0 unspecified atom stereocenters. The third-order valence-corrected chi connectivity index (χ3v) is 7.69. The van der Waals surface area contributed by atoms with Crippen molar-refractivity contribution in [3.05, 3.63) is 0 Å². The largest absolute Gasteiger partial charge is 0.462 e.